The molecule has 1 rings (SSSR count). The molecule has 3 N–H and O–H groups in total. The summed E-state index contributed by atoms with van der Waals surface area (Å²) in [7, 11) is 0. The van der Waals surface area contributed by atoms with Crippen molar-refractivity contribution in [1.82, 2.24) is 10.5 Å². The highest BCUT2D eigenvalue weighted by Crippen LogP contribution is 2.32. The standard InChI is InChI=1S/C7H6ClF3N4O/c8-5-1-4(7(9,10)11)2-12-6(5)15-13-3-14-16/h1-3,16H,(H,12,15)(H,13,14). The van der Waals surface area contributed by atoms with Crippen molar-refractivity contribution in [3.05, 3.63) is 22.8 Å². The van der Waals surface area contributed by atoms with Gasteiger partial charge in [0.2, 0.25) is 0 Å². The normalized spacial score (nSPS) is 11.8. The molecule has 0 saturated heterocycles. The maximum atomic E-state index is 12.2. The summed E-state index contributed by atoms with van der Waals surface area (Å²) in [5.74, 6) is -0.0545. The number of hydrogen-bond acceptors (Lipinski definition) is 4. The molecule has 0 bridgehead atoms. The van der Waals surface area contributed by atoms with Gasteiger partial charge in [-0.3, -0.25) is 16.1 Å². The Morgan fingerprint density at radius 3 is 2.69 bits per heavy atom. The van der Waals surface area contributed by atoms with Gasteiger partial charge in [-0.05, 0) is 6.07 Å². The van der Waals surface area contributed by atoms with Crippen molar-refractivity contribution >= 4 is 23.8 Å². The number of nitrogens with zero attached hydrogens (tertiary/aromatic N) is 2. The number of hydroxylamine groups is 1. The fraction of sp³-hybridized carbons (Fsp3) is 0.143. The summed E-state index contributed by atoms with van der Waals surface area (Å²) in [4.78, 5) is 3.43. The second kappa shape index (κ2) is 4.99. The highest BCUT2D eigenvalue weighted by Gasteiger charge is 2.31. The lowest BCUT2D eigenvalue weighted by atomic mass is 10.3. The number of hydrazone groups is 1. The van der Waals surface area contributed by atoms with E-state index in [4.69, 9.17) is 16.8 Å². The van der Waals surface area contributed by atoms with Crippen LogP contribution in [0.5, 0.6) is 0 Å². The van der Waals surface area contributed by atoms with E-state index in [0.29, 0.717) is 6.20 Å². The molecule has 88 valence electrons. The Kier molecular flexibility index (Phi) is 3.91. The topological polar surface area (TPSA) is 69.5 Å². The lowest BCUT2D eigenvalue weighted by molar-refractivity contribution is -0.137. The molecule has 0 aromatic carbocycles. The molecule has 0 radical (unpaired) electrons. The molecule has 1 heterocycles. The van der Waals surface area contributed by atoms with Crippen molar-refractivity contribution in [2.75, 3.05) is 5.43 Å². The van der Waals surface area contributed by atoms with Crippen molar-refractivity contribution in [1.29, 1.82) is 0 Å². The van der Waals surface area contributed by atoms with E-state index in [1.54, 1.807) is 5.48 Å². The zero-order valence-corrected chi connectivity index (χ0v) is 8.34. The molecule has 1 aromatic rings. The fourth-order valence-electron chi connectivity index (χ4n) is 0.797. The zero-order chi connectivity index (χ0) is 12.2. The van der Waals surface area contributed by atoms with Crippen molar-refractivity contribution in [3.8, 4) is 0 Å². The highest BCUT2D eigenvalue weighted by molar-refractivity contribution is 6.32. The molecule has 0 amide bonds. The minimum Gasteiger partial charge on any atom is -0.290 e. The minimum absolute atomic E-state index is 0.0545. The Bertz CT molecular complexity index is 396. The molecule has 0 fully saturated rings. The molecule has 0 spiro atoms. The number of rotatable bonds is 3. The summed E-state index contributed by atoms with van der Waals surface area (Å²) in [6, 6.07) is 0.721. The monoisotopic (exact) mass is 254 g/mol. The number of hydrogen-bond donors (Lipinski definition) is 3. The van der Waals surface area contributed by atoms with Gasteiger partial charge >= 0.3 is 6.18 Å². The fourth-order valence-corrected chi connectivity index (χ4v) is 1.01. The lowest BCUT2D eigenvalue weighted by Crippen LogP contribution is -2.07. The van der Waals surface area contributed by atoms with Crippen LogP contribution in [0, 0.1) is 0 Å². The Labute approximate surface area is 92.9 Å². The van der Waals surface area contributed by atoms with E-state index in [0.717, 1.165) is 12.4 Å². The van der Waals surface area contributed by atoms with Crippen LogP contribution in [0.25, 0.3) is 0 Å². The highest BCUT2D eigenvalue weighted by atomic mass is 35.5. The van der Waals surface area contributed by atoms with E-state index in [2.05, 4.69) is 15.5 Å². The van der Waals surface area contributed by atoms with Crippen LogP contribution in [-0.4, -0.2) is 16.5 Å². The average Bonchev–Trinajstić information content (AvgIpc) is 2.19. The number of alkyl halides is 3. The molecule has 9 heteroatoms. The van der Waals surface area contributed by atoms with Gasteiger partial charge in [-0.1, -0.05) is 11.6 Å². The average molecular weight is 255 g/mol. The van der Waals surface area contributed by atoms with Gasteiger partial charge in [-0.25, -0.2) is 4.98 Å². The molecule has 0 aliphatic rings. The maximum absolute atomic E-state index is 12.2. The van der Waals surface area contributed by atoms with Crippen molar-refractivity contribution in [2.45, 2.75) is 6.18 Å². The molecule has 0 unspecified atom stereocenters. The Balaban J connectivity index is 2.88. The molecule has 16 heavy (non-hydrogen) atoms. The van der Waals surface area contributed by atoms with E-state index in [1.165, 1.54) is 0 Å². The third-order valence-electron chi connectivity index (χ3n) is 1.46. The van der Waals surface area contributed by atoms with Gasteiger partial charge in [-0.2, -0.15) is 18.3 Å². The minimum atomic E-state index is -4.49. The van der Waals surface area contributed by atoms with Gasteiger partial charge in [0.1, 0.15) is 6.34 Å². The van der Waals surface area contributed by atoms with Crippen LogP contribution in [0.3, 0.4) is 0 Å². The summed E-state index contributed by atoms with van der Waals surface area (Å²) >= 11 is 5.53. The van der Waals surface area contributed by atoms with Crippen LogP contribution >= 0.6 is 11.6 Å². The van der Waals surface area contributed by atoms with Crippen LogP contribution in [0.2, 0.25) is 5.02 Å². The third-order valence-corrected chi connectivity index (χ3v) is 1.75. The van der Waals surface area contributed by atoms with Crippen molar-refractivity contribution in [2.24, 2.45) is 5.10 Å². The molecule has 1 aromatic heterocycles. The van der Waals surface area contributed by atoms with Crippen LogP contribution in [0.4, 0.5) is 19.0 Å². The van der Waals surface area contributed by atoms with E-state index < -0.39 is 11.7 Å². The summed E-state index contributed by atoms with van der Waals surface area (Å²) in [5.41, 5.74) is 2.87. The number of anilines is 1. The summed E-state index contributed by atoms with van der Waals surface area (Å²) < 4.78 is 36.6. The van der Waals surface area contributed by atoms with Gasteiger partial charge in [0.25, 0.3) is 0 Å². The predicted molar refractivity (Wildman–Crippen MR) is 51.3 cm³/mol. The van der Waals surface area contributed by atoms with E-state index in [9.17, 15) is 13.2 Å². The molecule has 0 aliphatic carbocycles. The SMILES string of the molecule is ONC=NNc1ncc(C(F)(F)F)cc1Cl. The maximum Gasteiger partial charge on any atom is 0.417 e. The van der Waals surface area contributed by atoms with Gasteiger partial charge < -0.3 is 0 Å². The smallest absolute Gasteiger partial charge is 0.290 e. The molecule has 0 aliphatic heterocycles. The Morgan fingerprint density at radius 1 is 1.50 bits per heavy atom. The molecular weight excluding hydrogens is 249 g/mol. The quantitative estimate of drug-likeness (QED) is 0.439. The second-order valence-electron chi connectivity index (χ2n) is 2.55. The summed E-state index contributed by atoms with van der Waals surface area (Å²) in [6.07, 6.45) is -3.02. The van der Waals surface area contributed by atoms with Crippen LogP contribution < -0.4 is 10.9 Å². The van der Waals surface area contributed by atoms with E-state index in [1.807, 2.05) is 0 Å². The van der Waals surface area contributed by atoms with E-state index in [-0.39, 0.29) is 10.8 Å². The number of aromatic nitrogens is 1. The van der Waals surface area contributed by atoms with Crippen LogP contribution in [0.15, 0.2) is 17.4 Å². The zero-order valence-electron chi connectivity index (χ0n) is 7.59. The van der Waals surface area contributed by atoms with Crippen molar-refractivity contribution in [3.63, 3.8) is 0 Å². The first-order valence-electron chi connectivity index (χ1n) is 3.85. The Hall–Kier alpha value is -1.54. The van der Waals surface area contributed by atoms with E-state index >= 15 is 0 Å². The van der Waals surface area contributed by atoms with Gasteiger partial charge in [-0.15, -0.1) is 0 Å². The number of nitrogens with one attached hydrogen (secondary N) is 2. The largest absolute Gasteiger partial charge is 0.417 e. The van der Waals surface area contributed by atoms with Gasteiger partial charge in [0.15, 0.2) is 5.82 Å². The number of pyridine rings is 1. The second-order valence-corrected chi connectivity index (χ2v) is 2.96. The van der Waals surface area contributed by atoms with Crippen LogP contribution in [0.1, 0.15) is 5.56 Å². The first-order chi connectivity index (χ1) is 7.45. The van der Waals surface area contributed by atoms with Gasteiger partial charge in [0.05, 0.1) is 10.6 Å². The molecule has 0 atom stereocenters. The summed E-state index contributed by atoms with van der Waals surface area (Å²) in [6.45, 7) is 0. The van der Waals surface area contributed by atoms with Crippen LogP contribution in [-0.2, 0) is 6.18 Å². The van der Waals surface area contributed by atoms with Crippen molar-refractivity contribution < 1.29 is 18.4 Å². The summed E-state index contributed by atoms with van der Waals surface area (Å²) in [5, 5.41) is 11.2. The molecule has 0 saturated carbocycles. The lowest BCUT2D eigenvalue weighted by Gasteiger charge is -2.08. The first kappa shape index (κ1) is 12.5. The number of halogens is 4. The third kappa shape index (κ3) is 3.24. The predicted octanol–water partition coefficient (Wildman–Crippen LogP) is 2.09. The first-order valence-corrected chi connectivity index (χ1v) is 4.23. The molecule has 5 nitrogen and oxygen atoms in total. The Morgan fingerprint density at radius 2 is 2.19 bits per heavy atom. The molecular formula is C7H6ClF3N4O. The van der Waals surface area contributed by atoms with Gasteiger partial charge in [0, 0.05) is 6.20 Å².